The number of carbonyl (C=O) groups excluding carboxylic acids is 1. The Morgan fingerprint density at radius 2 is 1.76 bits per heavy atom. The molecule has 7 nitrogen and oxygen atoms in total. The minimum absolute atomic E-state index is 0.00620. The van der Waals surface area contributed by atoms with Crippen molar-refractivity contribution in [1.82, 2.24) is 20.0 Å². The molecule has 0 radical (unpaired) electrons. The largest absolute Gasteiger partial charge is 0.417 e. The van der Waals surface area contributed by atoms with Crippen LogP contribution in [-0.2, 0) is 17.4 Å². The molecule has 1 aliphatic rings. The van der Waals surface area contributed by atoms with Crippen LogP contribution in [0.25, 0.3) is 11.4 Å². The van der Waals surface area contributed by atoms with Crippen molar-refractivity contribution in [3.05, 3.63) is 59.9 Å². The van der Waals surface area contributed by atoms with E-state index in [1.165, 1.54) is 18.2 Å². The van der Waals surface area contributed by atoms with Crippen molar-refractivity contribution in [3.8, 4) is 11.4 Å². The first-order valence-corrected chi connectivity index (χ1v) is 10.4. The lowest BCUT2D eigenvalue weighted by Crippen LogP contribution is -2.49. The van der Waals surface area contributed by atoms with Crippen LogP contribution in [0.5, 0.6) is 0 Å². The van der Waals surface area contributed by atoms with Crippen molar-refractivity contribution in [2.75, 3.05) is 31.1 Å². The van der Waals surface area contributed by atoms with E-state index in [-0.39, 0.29) is 11.7 Å². The first kappa shape index (κ1) is 22.7. The number of hydrogen-bond acceptors (Lipinski definition) is 6. The minimum Gasteiger partial charge on any atom is -0.353 e. The molecule has 1 saturated heterocycles. The fourth-order valence-corrected chi connectivity index (χ4v) is 3.55. The third kappa shape index (κ3) is 5.65. The van der Waals surface area contributed by atoms with Crippen LogP contribution in [0.2, 0.25) is 0 Å². The van der Waals surface area contributed by atoms with Gasteiger partial charge in [-0.1, -0.05) is 5.16 Å². The van der Waals surface area contributed by atoms with Gasteiger partial charge >= 0.3 is 6.18 Å². The lowest BCUT2D eigenvalue weighted by Gasteiger charge is -2.35. The fraction of sp³-hybridized carbons (Fsp3) is 0.364. The Kier molecular flexibility index (Phi) is 6.57. The Labute approximate surface area is 187 Å². The zero-order valence-electron chi connectivity index (χ0n) is 17.6. The number of anilines is 1. The van der Waals surface area contributed by atoms with E-state index in [4.69, 9.17) is 4.52 Å². The van der Waals surface area contributed by atoms with Gasteiger partial charge in [-0.15, -0.1) is 0 Å². The third-order valence-electron chi connectivity index (χ3n) is 5.38. The Balaban J connectivity index is 1.22. The normalized spacial score (nSPS) is 14.5. The lowest BCUT2D eigenvalue weighted by atomic mass is 10.2. The number of halogens is 4. The van der Waals surface area contributed by atoms with Crippen LogP contribution in [-0.4, -0.2) is 52.1 Å². The zero-order valence-corrected chi connectivity index (χ0v) is 17.6. The van der Waals surface area contributed by atoms with E-state index in [2.05, 4.69) is 15.1 Å². The number of benzene rings is 1. The summed E-state index contributed by atoms with van der Waals surface area (Å²) in [6.07, 6.45) is -2.31. The second kappa shape index (κ2) is 9.55. The Morgan fingerprint density at radius 3 is 2.39 bits per heavy atom. The van der Waals surface area contributed by atoms with Gasteiger partial charge in [0.2, 0.25) is 17.6 Å². The summed E-state index contributed by atoms with van der Waals surface area (Å²) in [4.78, 5) is 24.3. The summed E-state index contributed by atoms with van der Waals surface area (Å²) >= 11 is 0. The Morgan fingerprint density at radius 1 is 1.03 bits per heavy atom. The maximum Gasteiger partial charge on any atom is 0.417 e. The average Bonchev–Trinajstić information content (AvgIpc) is 3.28. The molecule has 4 rings (SSSR count). The van der Waals surface area contributed by atoms with Crippen LogP contribution in [0.4, 0.5) is 23.4 Å². The highest BCUT2D eigenvalue weighted by molar-refractivity contribution is 5.76. The number of aromatic nitrogens is 3. The average molecular weight is 463 g/mol. The molecule has 1 amide bonds. The number of nitrogens with zero attached hydrogens (tertiary/aromatic N) is 5. The van der Waals surface area contributed by atoms with E-state index >= 15 is 0 Å². The van der Waals surface area contributed by atoms with Gasteiger partial charge in [-0.3, -0.25) is 4.79 Å². The quantitative estimate of drug-likeness (QED) is 0.515. The maximum atomic E-state index is 13.0. The molecule has 1 aliphatic heterocycles. The summed E-state index contributed by atoms with van der Waals surface area (Å²) in [7, 11) is 0. The topological polar surface area (TPSA) is 75.4 Å². The molecule has 0 aliphatic carbocycles. The van der Waals surface area contributed by atoms with Crippen molar-refractivity contribution in [2.45, 2.75) is 25.4 Å². The Hall–Kier alpha value is -3.50. The highest BCUT2D eigenvalue weighted by Gasteiger charge is 2.31. The fourth-order valence-electron chi connectivity index (χ4n) is 3.55. The molecular weight excluding hydrogens is 442 g/mol. The van der Waals surface area contributed by atoms with Crippen molar-refractivity contribution >= 4 is 11.7 Å². The monoisotopic (exact) mass is 463 g/mol. The standard InChI is InChI=1S/C22H21F4N5O2/c23-17-7-4-15(5-8-17)21-28-19(33-29-21)2-1-3-20(32)31-12-10-30(11-13-31)18-9-6-16(14-27-18)22(24,25)26/h4-9,14H,1-3,10-13H2. The smallest absolute Gasteiger partial charge is 0.353 e. The number of carbonyl (C=O) groups is 1. The van der Waals surface area contributed by atoms with Gasteiger partial charge in [-0.25, -0.2) is 9.37 Å². The molecule has 33 heavy (non-hydrogen) atoms. The number of alkyl halides is 3. The predicted molar refractivity (Wildman–Crippen MR) is 111 cm³/mol. The molecule has 174 valence electrons. The maximum absolute atomic E-state index is 13.0. The van der Waals surface area contributed by atoms with Gasteiger partial charge < -0.3 is 14.3 Å². The van der Waals surface area contributed by atoms with Crippen LogP contribution < -0.4 is 4.90 Å². The summed E-state index contributed by atoms with van der Waals surface area (Å²) in [5, 5.41) is 3.88. The summed E-state index contributed by atoms with van der Waals surface area (Å²) < 4.78 is 56.3. The van der Waals surface area contributed by atoms with Crippen LogP contribution in [0.15, 0.2) is 47.1 Å². The van der Waals surface area contributed by atoms with E-state index < -0.39 is 11.7 Å². The van der Waals surface area contributed by atoms with Gasteiger partial charge in [0.15, 0.2) is 0 Å². The molecule has 11 heteroatoms. The van der Waals surface area contributed by atoms with E-state index in [1.54, 1.807) is 17.0 Å². The molecule has 2 aromatic heterocycles. The van der Waals surface area contributed by atoms with E-state index in [0.717, 1.165) is 12.3 Å². The second-order valence-corrected chi connectivity index (χ2v) is 7.64. The van der Waals surface area contributed by atoms with Gasteiger partial charge in [-0.2, -0.15) is 18.2 Å². The van der Waals surface area contributed by atoms with Crippen LogP contribution in [0.1, 0.15) is 24.3 Å². The second-order valence-electron chi connectivity index (χ2n) is 7.64. The number of hydrogen-bond donors (Lipinski definition) is 0. The summed E-state index contributed by atoms with van der Waals surface area (Å²) in [5.41, 5.74) is -0.144. The van der Waals surface area contributed by atoms with Crippen molar-refractivity contribution in [2.24, 2.45) is 0 Å². The molecular formula is C22H21F4N5O2. The Bertz CT molecular complexity index is 1080. The number of amides is 1. The number of piperazine rings is 1. The van der Waals surface area contributed by atoms with Gasteiger partial charge in [0.25, 0.3) is 0 Å². The van der Waals surface area contributed by atoms with Crippen LogP contribution in [0, 0.1) is 5.82 Å². The van der Waals surface area contributed by atoms with E-state index in [1.807, 2.05) is 4.90 Å². The molecule has 0 unspecified atom stereocenters. The zero-order chi connectivity index (χ0) is 23.4. The van der Waals surface area contributed by atoms with Crippen LogP contribution >= 0.6 is 0 Å². The lowest BCUT2D eigenvalue weighted by molar-refractivity contribution is -0.138. The molecule has 3 heterocycles. The van der Waals surface area contributed by atoms with Crippen molar-refractivity contribution < 1.29 is 26.9 Å². The molecule has 3 aromatic rings. The molecule has 1 fully saturated rings. The highest BCUT2D eigenvalue weighted by Crippen LogP contribution is 2.29. The first-order chi connectivity index (χ1) is 15.8. The SMILES string of the molecule is O=C(CCCc1nc(-c2ccc(F)cc2)no1)N1CCN(c2ccc(C(F)(F)F)cn2)CC1. The number of rotatable bonds is 6. The number of aryl methyl sites for hydroxylation is 1. The van der Waals surface area contributed by atoms with E-state index in [0.29, 0.717) is 68.5 Å². The van der Waals surface area contributed by atoms with Crippen molar-refractivity contribution in [1.29, 1.82) is 0 Å². The molecule has 0 atom stereocenters. The van der Waals surface area contributed by atoms with Gasteiger partial charge in [0.05, 0.1) is 5.56 Å². The molecule has 0 spiro atoms. The number of pyridine rings is 1. The van der Waals surface area contributed by atoms with Crippen LogP contribution in [0.3, 0.4) is 0 Å². The van der Waals surface area contributed by atoms with Gasteiger partial charge in [-0.05, 0) is 42.8 Å². The minimum atomic E-state index is -4.42. The van der Waals surface area contributed by atoms with Gasteiger partial charge in [0.1, 0.15) is 11.6 Å². The molecule has 0 saturated carbocycles. The molecule has 0 N–H and O–H groups in total. The molecule has 0 bridgehead atoms. The predicted octanol–water partition coefficient (Wildman–Crippen LogP) is 3.96. The molecule has 1 aromatic carbocycles. The summed E-state index contributed by atoms with van der Waals surface area (Å²) in [5.74, 6) is 0.874. The van der Waals surface area contributed by atoms with Crippen molar-refractivity contribution in [3.63, 3.8) is 0 Å². The highest BCUT2D eigenvalue weighted by atomic mass is 19.4. The summed E-state index contributed by atoms with van der Waals surface area (Å²) in [6, 6.07) is 8.12. The third-order valence-corrected chi connectivity index (χ3v) is 5.38. The first-order valence-electron chi connectivity index (χ1n) is 10.4. The van der Waals surface area contributed by atoms with E-state index in [9.17, 15) is 22.4 Å². The van der Waals surface area contributed by atoms with Gasteiger partial charge in [0, 0.05) is 50.8 Å². The summed E-state index contributed by atoms with van der Waals surface area (Å²) in [6.45, 7) is 1.93.